The Bertz CT molecular complexity index is 369. The van der Waals surface area contributed by atoms with Crippen molar-refractivity contribution in [2.24, 2.45) is 11.1 Å². The quantitative estimate of drug-likeness (QED) is 0.891. The summed E-state index contributed by atoms with van der Waals surface area (Å²) in [5.74, 6) is 0.463. The second kappa shape index (κ2) is 7.48. The van der Waals surface area contributed by atoms with Gasteiger partial charge in [-0.15, -0.1) is 24.8 Å². The highest BCUT2D eigenvalue weighted by Crippen LogP contribution is 2.16. The molecule has 0 aromatic carbocycles. The van der Waals surface area contributed by atoms with Crippen LogP contribution < -0.4 is 11.1 Å². The lowest BCUT2D eigenvalue weighted by atomic mass is 9.93. The number of rotatable bonds is 3. The van der Waals surface area contributed by atoms with E-state index in [1.807, 2.05) is 19.1 Å². The molecular weight excluding hydrogens is 261 g/mol. The Kier molecular flexibility index (Phi) is 8.15. The number of aryl methyl sites for hydroxylation is 1. The third kappa shape index (κ3) is 5.35. The molecule has 0 bridgehead atoms. The van der Waals surface area contributed by atoms with Crippen molar-refractivity contribution in [2.75, 3.05) is 11.9 Å². The van der Waals surface area contributed by atoms with Gasteiger partial charge in [0.2, 0.25) is 5.91 Å². The molecule has 0 aliphatic heterocycles. The van der Waals surface area contributed by atoms with Crippen molar-refractivity contribution >= 4 is 36.5 Å². The molecule has 4 nitrogen and oxygen atoms in total. The molecule has 1 heterocycles. The predicted octanol–water partition coefficient (Wildman–Crippen LogP) is 2.16. The minimum Gasteiger partial charge on any atom is -0.329 e. The molecule has 1 aromatic rings. The van der Waals surface area contributed by atoms with Gasteiger partial charge in [0.25, 0.3) is 0 Å². The molecule has 0 fully saturated rings. The maximum atomic E-state index is 11.7. The van der Waals surface area contributed by atoms with Gasteiger partial charge in [0.05, 0.1) is 5.41 Å². The largest absolute Gasteiger partial charge is 0.329 e. The van der Waals surface area contributed by atoms with Crippen molar-refractivity contribution in [3.63, 3.8) is 0 Å². The number of carbonyl (C=O) groups excluding carboxylic acids is 1. The van der Waals surface area contributed by atoms with Crippen LogP contribution in [0.4, 0.5) is 5.82 Å². The number of pyridine rings is 1. The fourth-order valence-electron chi connectivity index (χ4n) is 0.983. The second-order valence-electron chi connectivity index (χ2n) is 4.26. The first kappa shape index (κ1) is 18.5. The van der Waals surface area contributed by atoms with Crippen molar-refractivity contribution < 1.29 is 4.79 Å². The molecule has 1 aromatic heterocycles. The Morgan fingerprint density at radius 1 is 1.47 bits per heavy atom. The molecular formula is C11H19Cl2N3O. The lowest BCUT2D eigenvalue weighted by Gasteiger charge is -2.20. The van der Waals surface area contributed by atoms with Gasteiger partial charge in [-0.25, -0.2) is 4.98 Å². The van der Waals surface area contributed by atoms with Crippen LogP contribution in [0, 0.1) is 12.3 Å². The molecule has 0 saturated carbocycles. The molecule has 0 aliphatic carbocycles. The highest BCUT2D eigenvalue weighted by molar-refractivity contribution is 5.94. The van der Waals surface area contributed by atoms with Crippen LogP contribution in [0.3, 0.4) is 0 Å². The summed E-state index contributed by atoms with van der Waals surface area (Å²) in [6, 6.07) is 3.70. The Balaban J connectivity index is 0. The maximum Gasteiger partial charge on any atom is 0.232 e. The first-order chi connectivity index (χ1) is 6.95. The molecule has 6 heteroatoms. The number of hydrogen-bond donors (Lipinski definition) is 2. The van der Waals surface area contributed by atoms with Crippen molar-refractivity contribution in [1.29, 1.82) is 0 Å². The van der Waals surface area contributed by atoms with Gasteiger partial charge in [-0.2, -0.15) is 0 Å². The van der Waals surface area contributed by atoms with Crippen LogP contribution in [0.5, 0.6) is 0 Å². The zero-order valence-electron chi connectivity index (χ0n) is 10.2. The van der Waals surface area contributed by atoms with E-state index in [0.717, 1.165) is 5.56 Å². The molecule has 0 spiro atoms. The second-order valence-corrected chi connectivity index (χ2v) is 4.26. The predicted molar refractivity (Wildman–Crippen MR) is 74.9 cm³/mol. The van der Waals surface area contributed by atoms with Crippen LogP contribution in [-0.4, -0.2) is 17.4 Å². The number of halogens is 2. The minimum atomic E-state index is -0.564. The topological polar surface area (TPSA) is 68.0 Å². The van der Waals surface area contributed by atoms with Crippen LogP contribution in [0.15, 0.2) is 18.3 Å². The smallest absolute Gasteiger partial charge is 0.232 e. The Hall–Kier alpha value is -0.840. The van der Waals surface area contributed by atoms with E-state index in [4.69, 9.17) is 5.73 Å². The highest BCUT2D eigenvalue weighted by Gasteiger charge is 2.25. The van der Waals surface area contributed by atoms with E-state index in [1.165, 1.54) is 0 Å². The van der Waals surface area contributed by atoms with Crippen LogP contribution in [0.2, 0.25) is 0 Å². The van der Waals surface area contributed by atoms with Crippen LogP contribution in [0.25, 0.3) is 0 Å². The zero-order chi connectivity index (χ0) is 11.5. The number of carbonyl (C=O) groups is 1. The lowest BCUT2D eigenvalue weighted by molar-refractivity contribution is -0.123. The monoisotopic (exact) mass is 279 g/mol. The number of nitrogens with zero attached hydrogens (tertiary/aromatic N) is 1. The average Bonchev–Trinajstić information content (AvgIpc) is 2.17. The number of hydrogen-bond acceptors (Lipinski definition) is 3. The van der Waals surface area contributed by atoms with E-state index in [-0.39, 0.29) is 30.7 Å². The summed E-state index contributed by atoms with van der Waals surface area (Å²) in [6.07, 6.45) is 1.67. The number of aromatic nitrogens is 1. The Morgan fingerprint density at radius 2 is 2.06 bits per heavy atom. The van der Waals surface area contributed by atoms with Crippen molar-refractivity contribution in [2.45, 2.75) is 20.8 Å². The summed E-state index contributed by atoms with van der Waals surface area (Å²) in [5, 5.41) is 2.74. The normalized spacial score (nSPS) is 9.88. The maximum absolute atomic E-state index is 11.7. The standard InChI is InChI=1S/C11H17N3O.2ClH/c1-8-4-5-13-9(6-8)14-10(15)11(2,3)7-12;;/h4-6H,7,12H2,1-3H3,(H,13,14,15);2*1H. The summed E-state index contributed by atoms with van der Waals surface area (Å²) in [5.41, 5.74) is 6.01. The van der Waals surface area contributed by atoms with E-state index in [9.17, 15) is 4.79 Å². The van der Waals surface area contributed by atoms with Gasteiger partial charge in [0.1, 0.15) is 5.82 Å². The van der Waals surface area contributed by atoms with E-state index in [0.29, 0.717) is 12.4 Å². The molecule has 1 amide bonds. The van der Waals surface area contributed by atoms with Gasteiger partial charge in [0, 0.05) is 12.7 Å². The fourth-order valence-corrected chi connectivity index (χ4v) is 0.983. The third-order valence-corrected chi connectivity index (χ3v) is 2.28. The van der Waals surface area contributed by atoms with Gasteiger partial charge in [-0.05, 0) is 38.5 Å². The molecule has 0 unspecified atom stereocenters. The molecule has 1 rings (SSSR count). The molecule has 0 radical (unpaired) electrons. The first-order valence-corrected chi connectivity index (χ1v) is 4.90. The van der Waals surface area contributed by atoms with Gasteiger partial charge in [0.15, 0.2) is 0 Å². The molecule has 98 valence electrons. The van der Waals surface area contributed by atoms with E-state index in [2.05, 4.69) is 10.3 Å². The first-order valence-electron chi connectivity index (χ1n) is 4.90. The third-order valence-electron chi connectivity index (χ3n) is 2.28. The summed E-state index contributed by atoms with van der Waals surface area (Å²) in [4.78, 5) is 15.8. The molecule has 0 aliphatic rings. The van der Waals surface area contributed by atoms with E-state index in [1.54, 1.807) is 20.0 Å². The number of nitrogens with two attached hydrogens (primary N) is 1. The molecule has 0 saturated heterocycles. The van der Waals surface area contributed by atoms with E-state index >= 15 is 0 Å². The van der Waals surface area contributed by atoms with Gasteiger partial charge in [-0.1, -0.05) is 0 Å². The highest BCUT2D eigenvalue weighted by atomic mass is 35.5. The average molecular weight is 280 g/mol. The van der Waals surface area contributed by atoms with Crippen molar-refractivity contribution in [3.8, 4) is 0 Å². The van der Waals surface area contributed by atoms with Crippen molar-refractivity contribution in [1.82, 2.24) is 4.98 Å². The fraction of sp³-hybridized carbons (Fsp3) is 0.455. The Morgan fingerprint density at radius 3 is 2.53 bits per heavy atom. The minimum absolute atomic E-state index is 0. The number of amides is 1. The van der Waals surface area contributed by atoms with Gasteiger partial charge >= 0.3 is 0 Å². The molecule has 0 atom stereocenters. The van der Waals surface area contributed by atoms with Crippen LogP contribution in [0.1, 0.15) is 19.4 Å². The molecule has 3 N–H and O–H groups in total. The molecule has 17 heavy (non-hydrogen) atoms. The summed E-state index contributed by atoms with van der Waals surface area (Å²) in [6.45, 7) is 5.87. The summed E-state index contributed by atoms with van der Waals surface area (Å²) >= 11 is 0. The lowest BCUT2D eigenvalue weighted by Crippen LogP contribution is -2.37. The number of anilines is 1. The SMILES string of the molecule is Cc1ccnc(NC(=O)C(C)(C)CN)c1.Cl.Cl. The van der Waals surface area contributed by atoms with Crippen molar-refractivity contribution in [3.05, 3.63) is 23.9 Å². The van der Waals surface area contributed by atoms with Gasteiger partial charge < -0.3 is 11.1 Å². The Labute approximate surface area is 114 Å². The summed E-state index contributed by atoms with van der Waals surface area (Å²) < 4.78 is 0. The van der Waals surface area contributed by atoms with Crippen LogP contribution >= 0.6 is 24.8 Å². The van der Waals surface area contributed by atoms with Crippen LogP contribution in [-0.2, 0) is 4.79 Å². The summed E-state index contributed by atoms with van der Waals surface area (Å²) in [7, 11) is 0. The zero-order valence-corrected chi connectivity index (χ0v) is 11.8. The number of nitrogens with one attached hydrogen (secondary N) is 1. The van der Waals surface area contributed by atoms with Gasteiger partial charge in [-0.3, -0.25) is 4.79 Å². The van der Waals surface area contributed by atoms with E-state index < -0.39 is 5.41 Å².